The number of rotatable bonds is 7. The first kappa shape index (κ1) is 19.2. The Morgan fingerprint density at radius 3 is 2.48 bits per heavy atom. The zero-order chi connectivity index (χ0) is 18.2. The SMILES string of the molecule is O=C(CSCC(=O)OCc1c(F)cccc1Cl)Nc1ccccc1F. The van der Waals surface area contributed by atoms with Gasteiger partial charge >= 0.3 is 5.97 Å². The van der Waals surface area contributed by atoms with Crippen LogP contribution in [-0.4, -0.2) is 23.4 Å². The van der Waals surface area contributed by atoms with Crippen molar-refractivity contribution in [2.75, 3.05) is 16.8 Å². The van der Waals surface area contributed by atoms with Crippen LogP contribution < -0.4 is 5.32 Å². The third kappa shape index (κ3) is 6.03. The van der Waals surface area contributed by atoms with E-state index in [0.29, 0.717) is 0 Å². The Morgan fingerprint density at radius 1 is 1.04 bits per heavy atom. The van der Waals surface area contributed by atoms with E-state index in [-0.39, 0.29) is 34.4 Å². The van der Waals surface area contributed by atoms with Gasteiger partial charge in [0, 0.05) is 5.56 Å². The van der Waals surface area contributed by atoms with E-state index in [1.165, 1.54) is 36.4 Å². The van der Waals surface area contributed by atoms with E-state index in [9.17, 15) is 18.4 Å². The first-order valence-corrected chi connectivity index (χ1v) is 8.71. The second kappa shape index (κ2) is 9.39. The van der Waals surface area contributed by atoms with Crippen molar-refractivity contribution in [3.05, 3.63) is 64.7 Å². The first-order valence-electron chi connectivity index (χ1n) is 7.18. The second-order valence-corrected chi connectivity index (χ2v) is 6.27. The fourth-order valence-corrected chi connectivity index (χ4v) is 2.67. The predicted molar refractivity (Wildman–Crippen MR) is 93.6 cm³/mol. The molecule has 0 fully saturated rings. The molecular formula is C17H14ClF2NO3S. The number of para-hydroxylation sites is 1. The molecule has 4 nitrogen and oxygen atoms in total. The molecule has 0 aliphatic rings. The van der Waals surface area contributed by atoms with Crippen molar-refractivity contribution in [3.63, 3.8) is 0 Å². The predicted octanol–water partition coefficient (Wildman–Crippen LogP) is 4.03. The summed E-state index contributed by atoms with van der Waals surface area (Å²) in [5.74, 6) is -2.30. The number of hydrogen-bond acceptors (Lipinski definition) is 4. The number of anilines is 1. The van der Waals surface area contributed by atoms with Crippen LogP contribution in [0.15, 0.2) is 42.5 Å². The number of halogens is 3. The Morgan fingerprint density at radius 2 is 1.76 bits per heavy atom. The van der Waals surface area contributed by atoms with E-state index in [2.05, 4.69) is 5.32 Å². The summed E-state index contributed by atoms with van der Waals surface area (Å²) < 4.78 is 31.9. The van der Waals surface area contributed by atoms with Gasteiger partial charge in [-0.2, -0.15) is 0 Å². The highest BCUT2D eigenvalue weighted by molar-refractivity contribution is 8.00. The molecule has 0 aliphatic heterocycles. The van der Waals surface area contributed by atoms with Crippen molar-refractivity contribution in [1.29, 1.82) is 0 Å². The Balaban J connectivity index is 1.72. The second-order valence-electron chi connectivity index (χ2n) is 4.88. The van der Waals surface area contributed by atoms with E-state index >= 15 is 0 Å². The summed E-state index contributed by atoms with van der Waals surface area (Å²) in [5.41, 5.74) is 0.171. The maximum absolute atomic E-state index is 13.5. The zero-order valence-electron chi connectivity index (χ0n) is 12.9. The average Bonchev–Trinajstić information content (AvgIpc) is 2.56. The lowest BCUT2D eigenvalue weighted by molar-refractivity contribution is -0.141. The molecule has 2 rings (SSSR count). The summed E-state index contributed by atoms with van der Waals surface area (Å²) >= 11 is 6.83. The molecule has 0 radical (unpaired) electrons. The van der Waals surface area contributed by atoms with Crippen LogP contribution in [0.2, 0.25) is 5.02 Å². The molecule has 0 spiro atoms. The van der Waals surface area contributed by atoms with Crippen LogP contribution in [0.1, 0.15) is 5.56 Å². The van der Waals surface area contributed by atoms with Crippen molar-refractivity contribution in [3.8, 4) is 0 Å². The number of amides is 1. The van der Waals surface area contributed by atoms with Gasteiger partial charge in [0.2, 0.25) is 5.91 Å². The summed E-state index contributed by atoms with van der Waals surface area (Å²) in [6.07, 6.45) is 0. The molecule has 0 heterocycles. The van der Waals surface area contributed by atoms with Gasteiger partial charge < -0.3 is 10.1 Å². The van der Waals surface area contributed by atoms with Crippen LogP contribution in [0.4, 0.5) is 14.5 Å². The van der Waals surface area contributed by atoms with Crippen LogP contribution in [0.5, 0.6) is 0 Å². The molecule has 0 saturated heterocycles. The molecule has 1 N–H and O–H groups in total. The number of esters is 1. The molecule has 0 aromatic heterocycles. The van der Waals surface area contributed by atoms with Crippen molar-refractivity contribution in [2.24, 2.45) is 0 Å². The van der Waals surface area contributed by atoms with E-state index < -0.39 is 23.5 Å². The monoisotopic (exact) mass is 385 g/mol. The summed E-state index contributed by atoms with van der Waals surface area (Å²) in [6, 6.07) is 9.94. The quantitative estimate of drug-likeness (QED) is 0.731. The van der Waals surface area contributed by atoms with Gasteiger partial charge in [0.05, 0.1) is 22.2 Å². The van der Waals surface area contributed by atoms with Gasteiger partial charge in [-0.1, -0.05) is 29.8 Å². The van der Waals surface area contributed by atoms with Crippen LogP contribution in [0, 0.1) is 11.6 Å². The largest absolute Gasteiger partial charge is 0.460 e. The van der Waals surface area contributed by atoms with E-state index in [4.69, 9.17) is 16.3 Å². The number of carbonyl (C=O) groups excluding carboxylic acids is 2. The molecule has 2 aromatic carbocycles. The van der Waals surface area contributed by atoms with Gasteiger partial charge in [-0.3, -0.25) is 9.59 Å². The topological polar surface area (TPSA) is 55.4 Å². The molecule has 0 saturated carbocycles. The third-order valence-corrected chi connectivity index (χ3v) is 4.30. The summed E-state index contributed by atoms with van der Waals surface area (Å²) in [6.45, 7) is -0.285. The Kier molecular flexibility index (Phi) is 7.21. The summed E-state index contributed by atoms with van der Waals surface area (Å²) in [5, 5.41) is 2.57. The number of hydrogen-bond donors (Lipinski definition) is 1. The minimum atomic E-state index is -0.608. The number of carbonyl (C=O) groups is 2. The Hall–Kier alpha value is -2.12. The van der Waals surface area contributed by atoms with Crippen LogP contribution >= 0.6 is 23.4 Å². The van der Waals surface area contributed by atoms with Crippen molar-refractivity contribution in [1.82, 2.24) is 0 Å². The molecular weight excluding hydrogens is 372 g/mol. The number of nitrogens with one attached hydrogen (secondary N) is 1. The minimum absolute atomic E-state index is 0.0517. The van der Waals surface area contributed by atoms with Crippen LogP contribution in [0.3, 0.4) is 0 Å². The third-order valence-electron chi connectivity index (χ3n) is 3.04. The molecule has 8 heteroatoms. The minimum Gasteiger partial charge on any atom is -0.460 e. The van der Waals surface area contributed by atoms with Crippen molar-refractivity contribution >= 4 is 40.9 Å². The number of benzene rings is 2. The lowest BCUT2D eigenvalue weighted by Crippen LogP contribution is -2.17. The van der Waals surface area contributed by atoms with Gasteiger partial charge in [-0.25, -0.2) is 8.78 Å². The Labute approximate surface area is 152 Å². The lowest BCUT2D eigenvalue weighted by Gasteiger charge is -2.08. The van der Waals surface area contributed by atoms with Gasteiger partial charge in [-0.05, 0) is 24.3 Å². The fourth-order valence-electron chi connectivity index (χ4n) is 1.84. The van der Waals surface area contributed by atoms with Crippen molar-refractivity contribution in [2.45, 2.75) is 6.61 Å². The van der Waals surface area contributed by atoms with Crippen molar-refractivity contribution < 1.29 is 23.1 Å². The van der Waals surface area contributed by atoms with Gasteiger partial charge in [0.1, 0.15) is 18.2 Å². The normalized spacial score (nSPS) is 10.4. The molecule has 0 aliphatic carbocycles. The van der Waals surface area contributed by atoms with E-state index in [0.717, 1.165) is 11.8 Å². The first-order chi connectivity index (χ1) is 12.0. The van der Waals surface area contributed by atoms with Crippen LogP contribution in [0.25, 0.3) is 0 Å². The number of ether oxygens (including phenoxy) is 1. The Bertz CT molecular complexity index is 753. The summed E-state index contributed by atoms with van der Waals surface area (Å²) in [4.78, 5) is 23.3. The van der Waals surface area contributed by atoms with Crippen LogP contribution in [-0.2, 0) is 20.9 Å². The van der Waals surface area contributed by atoms with E-state index in [1.807, 2.05) is 0 Å². The highest BCUT2D eigenvalue weighted by atomic mass is 35.5. The number of thioether (sulfide) groups is 1. The maximum Gasteiger partial charge on any atom is 0.316 e. The smallest absolute Gasteiger partial charge is 0.316 e. The molecule has 0 bridgehead atoms. The zero-order valence-corrected chi connectivity index (χ0v) is 14.5. The average molecular weight is 386 g/mol. The highest BCUT2D eigenvalue weighted by Crippen LogP contribution is 2.20. The molecule has 2 aromatic rings. The molecule has 25 heavy (non-hydrogen) atoms. The molecule has 1 amide bonds. The van der Waals surface area contributed by atoms with E-state index in [1.54, 1.807) is 6.07 Å². The standard InChI is InChI=1S/C17H14ClF2NO3S/c18-12-4-3-6-13(19)11(12)8-24-17(23)10-25-9-16(22)21-15-7-2-1-5-14(15)20/h1-7H,8-10H2,(H,21,22). The lowest BCUT2D eigenvalue weighted by atomic mass is 10.2. The molecule has 0 atom stereocenters. The van der Waals surface area contributed by atoms with Gasteiger partial charge in [0.25, 0.3) is 0 Å². The molecule has 0 unspecified atom stereocenters. The highest BCUT2D eigenvalue weighted by Gasteiger charge is 2.12. The molecule has 132 valence electrons. The van der Waals surface area contributed by atoms with Gasteiger partial charge in [-0.15, -0.1) is 11.8 Å². The maximum atomic E-state index is 13.5. The summed E-state index contributed by atoms with van der Waals surface area (Å²) in [7, 11) is 0. The fraction of sp³-hybridized carbons (Fsp3) is 0.176. The van der Waals surface area contributed by atoms with Gasteiger partial charge in [0.15, 0.2) is 0 Å².